The van der Waals surface area contributed by atoms with Crippen molar-refractivity contribution in [2.45, 2.75) is 12.1 Å². The predicted octanol–water partition coefficient (Wildman–Crippen LogP) is 1.12. The summed E-state index contributed by atoms with van der Waals surface area (Å²) in [4.78, 5) is 25.9. The normalized spacial score (nSPS) is 9.88. The van der Waals surface area contributed by atoms with Gasteiger partial charge in [0.2, 0.25) is 0 Å². The molecule has 1 aromatic heterocycles. The Balaban J connectivity index is 2.51. The largest absolute Gasteiger partial charge is 0.468 e. The summed E-state index contributed by atoms with van der Waals surface area (Å²) in [5.74, 6) is -0.851. The van der Waals surface area contributed by atoms with E-state index in [0.29, 0.717) is 0 Å². The smallest absolute Gasteiger partial charge is 0.360 e. The number of ether oxygens (including phenoxy) is 2. The molecule has 16 heavy (non-hydrogen) atoms. The van der Waals surface area contributed by atoms with Crippen LogP contribution >= 0.6 is 11.8 Å². The zero-order chi connectivity index (χ0) is 12.0. The number of rotatable bonds is 5. The SMILES string of the molecule is CCOC(=O)c1coc(SCC(=O)OC)n1. The number of thioether (sulfide) groups is 1. The molecule has 1 rings (SSSR count). The first-order valence-electron chi connectivity index (χ1n) is 4.49. The molecular weight excluding hydrogens is 234 g/mol. The second-order valence-electron chi connectivity index (χ2n) is 2.58. The van der Waals surface area contributed by atoms with Crippen LogP contribution in [0.25, 0.3) is 0 Å². The van der Waals surface area contributed by atoms with Gasteiger partial charge in [0.15, 0.2) is 5.69 Å². The average molecular weight is 245 g/mol. The van der Waals surface area contributed by atoms with Gasteiger partial charge in [-0.15, -0.1) is 0 Å². The zero-order valence-corrected chi connectivity index (χ0v) is 9.70. The van der Waals surface area contributed by atoms with Crippen LogP contribution in [0.15, 0.2) is 15.9 Å². The maximum Gasteiger partial charge on any atom is 0.360 e. The Labute approximate surface area is 96.3 Å². The van der Waals surface area contributed by atoms with Crippen LogP contribution in [0.2, 0.25) is 0 Å². The van der Waals surface area contributed by atoms with Crippen LogP contribution in [0, 0.1) is 0 Å². The van der Waals surface area contributed by atoms with Crippen molar-refractivity contribution in [3.63, 3.8) is 0 Å². The Hall–Kier alpha value is -1.50. The zero-order valence-electron chi connectivity index (χ0n) is 8.89. The molecule has 0 saturated carbocycles. The van der Waals surface area contributed by atoms with Crippen molar-refractivity contribution in [2.75, 3.05) is 19.5 Å². The molecule has 6 nitrogen and oxygen atoms in total. The number of esters is 2. The Morgan fingerprint density at radius 3 is 2.94 bits per heavy atom. The summed E-state index contributed by atoms with van der Waals surface area (Å²) >= 11 is 1.05. The molecule has 0 bridgehead atoms. The molecule has 0 spiro atoms. The lowest BCUT2D eigenvalue weighted by molar-refractivity contribution is -0.137. The lowest BCUT2D eigenvalue weighted by atomic mass is 10.5. The van der Waals surface area contributed by atoms with Crippen molar-refractivity contribution in [2.24, 2.45) is 0 Å². The second kappa shape index (κ2) is 6.16. The van der Waals surface area contributed by atoms with E-state index in [1.54, 1.807) is 6.92 Å². The van der Waals surface area contributed by atoms with E-state index in [-0.39, 0.29) is 29.2 Å². The number of methoxy groups -OCH3 is 1. The number of carbonyl (C=O) groups is 2. The van der Waals surface area contributed by atoms with Crippen molar-refractivity contribution in [1.82, 2.24) is 4.98 Å². The summed E-state index contributed by atoms with van der Waals surface area (Å²) in [6.45, 7) is 1.97. The van der Waals surface area contributed by atoms with Gasteiger partial charge in [0, 0.05) is 0 Å². The lowest BCUT2D eigenvalue weighted by Gasteiger charge is -1.95. The van der Waals surface area contributed by atoms with Gasteiger partial charge in [0.25, 0.3) is 5.22 Å². The fourth-order valence-electron chi connectivity index (χ4n) is 0.802. The minimum atomic E-state index is -0.545. The van der Waals surface area contributed by atoms with Gasteiger partial charge in [-0.2, -0.15) is 4.98 Å². The highest BCUT2D eigenvalue weighted by atomic mass is 32.2. The molecule has 0 fully saturated rings. The van der Waals surface area contributed by atoms with Crippen LogP contribution in [0.4, 0.5) is 0 Å². The first-order valence-corrected chi connectivity index (χ1v) is 5.48. The van der Waals surface area contributed by atoms with Crippen LogP contribution in [-0.4, -0.2) is 36.4 Å². The quantitative estimate of drug-likeness (QED) is 0.568. The minimum Gasteiger partial charge on any atom is -0.468 e. The van der Waals surface area contributed by atoms with Gasteiger partial charge in [-0.3, -0.25) is 4.79 Å². The summed E-state index contributed by atoms with van der Waals surface area (Å²) in [7, 11) is 1.29. The van der Waals surface area contributed by atoms with Crippen LogP contribution in [0.1, 0.15) is 17.4 Å². The molecule has 1 aromatic rings. The summed E-state index contributed by atoms with van der Waals surface area (Å²) in [6, 6.07) is 0. The number of oxazole rings is 1. The third kappa shape index (κ3) is 3.58. The van der Waals surface area contributed by atoms with Gasteiger partial charge < -0.3 is 13.9 Å². The van der Waals surface area contributed by atoms with Crippen molar-refractivity contribution in [1.29, 1.82) is 0 Å². The van der Waals surface area contributed by atoms with E-state index in [0.717, 1.165) is 11.8 Å². The van der Waals surface area contributed by atoms with Crippen molar-refractivity contribution in [3.8, 4) is 0 Å². The van der Waals surface area contributed by atoms with E-state index >= 15 is 0 Å². The summed E-state index contributed by atoms with van der Waals surface area (Å²) in [6.07, 6.45) is 1.19. The van der Waals surface area contributed by atoms with Crippen molar-refractivity contribution < 1.29 is 23.5 Å². The van der Waals surface area contributed by atoms with E-state index in [4.69, 9.17) is 9.15 Å². The molecule has 1 heterocycles. The van der Waals surface area contributed by atoms with Crippen molar-refractivity contribution in [3.05, 3.63) is 12.0 Å². The maximum absolute atomic E-state index is 11.2. The minimum absolute atomic E-state index is 0.0826. The van der Waals surface area contributed by atoms with E-state index in [1.165, 1.54) is 13.4 Å². The number of nitrogens with zero attached hydrogens (tertiary/aromatic N) is 1. The fourth-order valence-corrected chi connectivity index (χ4v) is 1.44. The average Bonchev–Trinajstić information content (AvgIpc) is 2.75. The number of hydrogen-bond acceptors (Lipinski definition) is 7. The molecule has 7 heteroatoms. The van der Waals surface area contributed by atoms with Crippen LogP contribution in [-0.2, 0) is 14.3 Å². The number of carbonyl (C=O) groups excluding carboxylic acids is 2. The monoisotopic (exact) mass is 245 g/mol. The molecule has 0 N–H and O–H groups in total. The maximum atomic E-state index is 11.2. The third-order valence-corrected chi connectivity index (χ3v) is 2.32. The predicted molar refractivity (Wildman–Crippen MR) is 55.2 cm³/mol. The molecule has 0 aliphatic rings. The molecule has 0 aromatic carbocycles. The summed E-state index contributed by atoms with van der Waals surface area (Å²) in [5, 5.41) is 0.230. The van der Waals surface area contributed by atoms with Crippen molar-refractivity contribution >= 4 is 23.7 Å². The topological polar surface area (TPSA) is 78.6 Å². The van der Waals surface area contributed by atoms with Gasteiger partial charge in [0.05, 0.1) is 13.7 Å². The summed E-state index contributed by atoms with van der Waals surface area (Å²) in [5.41, 5.74) is 0.0919. The molecule has 0 aliphatic heterocycles. The van der Waals surface area contributed by atoms with Gasteiger partial charge in [-0.1, -0.05) is 11.8 Å². The van der Waals surface area contributed by atoms with E-state index in [1.807, 2.05) is 0 Å². The van der Waals surface area contributed by atoms with Crippen LogP contribution < -0.4 is 0 Å². The molecule has 0 aliphatic carbocycles. The van der Waals surface area contributed by atoms with Gasteiger partial charge in [-0.05, 0) is 6.92 Å². The van der Waals surface area contributed by atoms with Gasteiger partial charge in [0.1, 0.15) is 12.0 Å². The molecule has 0 unspecified atom stereocenters. The van der Waals surface area contributed by atoms with Crippen LogP contribution in [0.3, 0.4) is 0 Å². The van der Waals surface area contributed by atoms with E-state index < -0.39 is 5.97 Å². The van der Waals surface area contributed by atoms with E-state index in [2.05, 4.69) is 9.72 Å². The lowest BCUT2D eigenvalue weighted by Crippen LogP contribution is -2.05. The molecule has 0 saturated heterocycles. The first-order chi connectivity index (χ1) is 7.67. The van der Waals surface area contributed by atoms with E-state index in [9.17, 15) is 9.59 Å². The molecule has 0 amide bonds. The second-order valence-corrected chi connectivity index (χ2v) is 3.51. The Kier molecular flexibility index (Phi) is 4.84. The highest BCUT2D eigenvalue weighted by Gasteiger charge is 2.14. The van der Waals surface area contributed by atoms with Crippen LogP contribution in [0.5, 0.6) is 0 Å². The standard InChI is InChI=1S/C9H11NO5S/c1-3-14-8(12)6-4-15-9(10-6)16-5-7(11)13-2/h4H,3,5H2,1-2H3. The Bertz CT molecular complexity index is 376. The summed E-state index contributed by atoms with van der Waals surface area (Å²) < 4.78 is 14.1. The van der Waals surface area contributed by atoms with Gasteiger partial charge >= 0.3 is 11.9 Å². The highest BCUT2D eigenvalue weighted by molar-refractivity contribution is 7.99. The Morgan fingerprint density at radius 1 is 1.56 bits per heavy atom. The highest BCUT2D eigenvalue weighted by Crippen LogP contribution is 2.17. The third-order valence-electron chi connectivity index (χ3n) is 1.51. The van der Waals surface area contributed by atoms with Gasteiger partial charge in [-0.25, -0.2) is 4.79 Å². The molecular formula is C9H11NO5S. The fraction of sp³-hybridized carbons (Fsp3) is 0.444. The molecule has 0 radical (unpaired) electrons. The molecule has 88 valence electrons. The molecule has 0 atom stereocenters. The Morgan fingerprint density at radius 2 is 2.31 bits per heavy atom. The first kappa shape index (κ1) is 12.6. The number of hydrogen-bond donors (Lipinski definition) is 0. The number of aromatic nitrogens is 1.